The first kappa shape index (κ1) is 35.8. The molecular formula is C37H51N5O2S2. The number of carbonyl (C=O) groups is 1. The van der Waals surface area contributed by atoms with Crippen LogP contribution in [-0.2, 0) is 11.3 Å². The Morgan fingerprint density at radius 3 is 2.02 bits per heavy atom. The number of hydrogen-bond acceptors (Lipinski definition) is 7. The van der Waals surface area contributed by atoms with Gasteiger partial charge in [0, 0.05) is 50.5 Å². The third-order valence-electron chi connectivity index (χ3n) is 9.17. The summed E-state index contributed by atoms with van der Waals surface area (Å²) in [6.45, 7) is 10.4. The van der Waals surface area contributed by atoms with E-state index < -0.39 is 0 Å². The van der Waals surface area contributed by atoms with Crippen molar-refractivity contribution >= 4 is 51.8 Å². The van der Waals surface area contributed by atoms with E-state index in [0.717, 1.165) is 63.2 Å². The van der Waals surface area contributed by atoms with Gasteiger partial charge in [0.25, 0.3) is 11.5 Å². The first-order valence-electron chi connectivity index (χ1n) is 17.4. The molecular weight excluding hydrogens is 611 g/mol. The Labute approximate surface area is 285 Å². The fraction of sp³-hybridized carbons (Fsp3) is 0.568. The Hall–Kier alpha value is -3.09. The highest BCUT2D eigenvalue weighted by Crippen LogP contribution is 2.36. The average molecular weight is 662 g/mol. The first-order valence-corrected chi connectivity index (χ1v) is 18.6. The lowest BCUT2D eigenvalue weighted by molar-refractivity contribution is -0.122. The summed E-state index contributed by atoms with van der Waals surface area (Å²) in [4.78, 5) is 34.3. The number of thioether (sulfide) groups is 1. The van der Waals surface area contributed by atoms with E-state index in [4.69, 9.17) is 12.2 Å². The number of aromatic nitrogens is 1. The van der Waals surface area contributed by atoms with Crippen LogP contribution in [0.1, 0.15) is 108 Å². The minimum atomic E-state index is -0.250. The zero-order valence-electron chi connectivity index (χ0n) is 28.1. The molecule has 4 rings (SSSR count). The van der Waals surface area contributed by atoms with E-state index in [1.54, 1.807) is 9.47 Å². The molecule has 9 heteroatoms. The maximum atomic E-state index is 13.7. The largest absolute Gasteiger partial charge is 0.368 e. The molecule has 2 saturated heterocycles. The van der Waals surface area contributed by atoms with Gasteiger partial charge in [-0.15, -0.1) is 0 Å². The van der Waals surface area contributed by atoms with Crippen LogP contribution in [0.5, 0.6) is 0 Å². The monoisotopic (exact) mass is 661 g/mol. The van der Waals surface area contributed by atoms with Crippen LogP contribution in [0, 0.1) is 18.3 Å². The van der Waals surface area contributed by atoms with Crippen molar-refractivity contribution in [1.82, 2.24) is 9.47 Å². The van der Waals surface area contributed by atoms with Gasteiger partial charge in [-0.05, 0) is 43.5 Å². The molecule has 0 aliphatic carbocycles. The molecule has 2 aromatic rings. The van der Waals surface area contributed by atoms with Gasteiger partial charge in [-0.2, -0.15) is 5.26 Å². The van der Waals surface area contributed by atoms with E-state index in [9.17, 15) is 14.9 Å². The van der Waals surface area contributed by atoms with Gasteiger partial charge in [0.2, 0.25) is 0 Å². The highest BCUT2D eigenvalue weighted by atomic mass is 32.2. The Morgan fingerprint density at radius 2 is 1.41 bits per heavy atom. The van der Waals surface area contributed by atoms with E-state index in [1.807, 2.05) is 19.1 Å². The molecule has 1 aromatic carbocycles. The standard InChI is InChI=1S/C37H51N5O2S2/c1-4-6-8-9-10-11-12-13-14-18-22-42-36(44)33(46-37(42)45)27-31-29(3)32(28-38)35(43)41(21-7-5-2)34(31)40-25-23-39(24-26-40)30-19-16-15-17-20-30/h15-17,19-20,27H,4-14,18,21-26H2,1-3H3/b33-27+. The SMILES string of the molecule is CCCCCCCCCCCCN1C(=O)/C(=C\c2c(C)c(C#N)c(=O)n(CCCC)c2N2CCN(c3ccccc3)CC2)SC1=S. The third kappa shape index (κ3) is 9.04. The molecule has 0 N–H and O–H groups in total. The van der Waals surface area contributed by atoms with Crippen molar-refractivity contribution < 1.29 is 4.79 Å². The fourth-order valence-corrected chi connectivity index (χ4v) is 7.70. The minimum Gasteiger partial charge on any atom is -0.368 e. The quantitative estimate of drug-likeness (QED) is 0.0960. The van der Waals surface area contributed by atoms with Gasteiger partial charge in [-0.1, -0.05) is 120 Å². The number of unbranched alkanes of at least 4 members (excludes halogenated alkanes) is 10. The molecule has 0 saturated carbocycles. The van der Waals surface area contributed by atoms with Crippen LogP contribution in [0.2, 0.25) is 0 Å². The maximum Gasteiger partial charge on any atom is 0.270 e. The third-order valence-corrected chi connectivity index (χ3v) is 10.5. The number of piperazine rings is 1. The summed E-state index contributed by atoms with van der Waals surface area (Å²) in [5.41, 5.74) is 2.49. The summed E-state index contributed by atoms with van der Waals surface area (Å²) in [5, 5.41) is 10.0. The van der Waals surface area contributed by atoms with E-state index in [-0.39, 0.29) is 17.0 Å². The predicted octanol–water partition coefficient (Wildman–Crippen LogP) is 8.28. The van der Waals surface area contributed by atoms with E-state index in [2.05, 4.69) is 54.0 Å². The zero-order valence-corrected chi connectivity index (χ0v) is 29.7. The number of para-hydroxylation sites is 1. The number of benzene rings is 1. The molecule has 1 aromatic heterocycles. The number of nitrogens with zero attached hydrogens (tertiary/aromatic N) is 5. The average Bonchev–Trinajstić information content (AvgIpc) is 3.34. The number of amides is 1. The summed E-state index contributed by atoms with van der Waals surface area (Å²) < 4.78 is 2.37. The predicted molar refractivity (Wildman–Crippen MR) is 198 cm³/mol. The van der Waals surface area contributed by atoms with Gasteiger partial charge >= 0.3 is 0 Å². The molecule has 0 spiro atoms. The molecule has 0 unspecified atom stereocenters. The summed E-state index contributed by atoms with van der Waals surface area (Å²) in [5.74, 6) is 0.734. The van der Waals surface area contributed by atoms with Gasteiger partial charge < -0.3 is 9.80 Å². The molecule has 2 aliphatic heterocycles. The van der Waals surface area contributed by atoms with Crippen LogP contribution < -0.4 is 15.4 Å². The van der Waals surface area contributed by atoms with Crippen molar-refractivity contribution in [3.63, 3.8) is 0 Å². The van der Waals surface area contributed by atoms with E-state index in [1.165, 1.54) is 68.8 Å². The summed E-state index contributed by atoms with van der Waals surface area (Å²) in [6.07, 6.45) is 16.1. The summed E-state index contributed by atoms with van der Waals surface area (Å²) >= 11 is 7.02. The second-order valence-corrected chi connectivity index (χ2v) is 14.2. The smallest absolute Gasteiger partial charge is 0.270 e. The first-order chi connectivity index (χ1) is 22.4. The molecule has 2 fully saturated rings. The molecule has 46 heavy (non-hydrogen) atoms. The fourth-order valence-electron chi connectivity index (χ4n) is 6.41. The van der Waals surface area contributed by atoms with E-state index in [0.29, 0.717) is 27.9 Å². The van der Waals surface area contributed by atoms with Crippen molar-refractivity contribution in [2.24, 2.45) is 0 Å². The lowest BCUT2D eigenvalue weighted by atomic mass is 10.0. The van der Waals surface area contributed by atoms with Crippen LogP contribution in [0.15, 0.2) is 40.0 Å². The Balaban J connectivity index is 1.52. The number of hydrogen-bond donors (Lipinski definition) is 0. The number of anilines is 2. The lowest BCUT2D eigenvalue weighted by Crippen LogP contribution is -2.48. The molecule has 3 heterocycles. The zero-order chi connectivity index (χ0) is 32.9. The van der Waals surface area contributed by atoms with Gasteiger partial charge in [-0.25, -0.2) is 0 Å². The Bertz CT molecular complexity index is 1450. The number of pyridine rings is 1. The molecule has 0 atom stereocenters. The van der Waals surface area contributed by atoms with Crippen molar-refractivity contribution in [2.45, 2.75) is 104 Å². The van der Waals surface area contributed by atoms with Crippen molar-refractivity contribution in [3.8, 4) is 6.07 Å². The number of rotatable bonds is 17. The molecule has 0 bridgehead atoms. The highest BCUT2D eigenvalue weighted by molar-refractivity contribution is 8.26. The summed E-state index contributed by atoms with van der Waals surface area (Å²) in [7, 11) is 0. The second kappa shape index (κ2) is 18.3. The van der Waals surface area contributed by atoms with Crippen molar-refractivity contribution in [3.05, 3.63) is 62.3 Å². The lowest BCUT2D eigenvalue weighted by Gasteiger charge is -2.39. The van der Waals surface area contributed by atoms with E-state index >= 15 is 0 Å². The van der Waals surface area contributed by atoms with Crippen LogP contribution in [-0.4, -0.2) is 52.4 Å². The Kier molecular flexibility index (Phi) is 14.2. The topological polar surface area (TPSA) is 72.6 Å². The highest BCUT2D eigenvalue weighted by Gasteiger charge is 2.33. The molecule has 2 aliphatic rings. The van der Waals surface area contributed by atoms with Crippen LogP contribution in [0.4, 0.5) is 11.5 Å². The van der Waals surface area contributed by atoms with Crippen molar-refractivity contribution in [2.75, 3.05) is 42.5 Å². The van der Waals surface area contributed by atoms with Crippen LogP contribution in [0.3, 0.4) is 0 Å². The number of nitriles is 1. The molecule has 1 amide bonds. The number of thiocarbonyl (C=S) groups is 1. The van der Waals surface area contributed by atoms with Gasteiger partial charge in [0.05, 0.1) is 4.91 Å². The van der Waals surface area contributed by atoms with Gasteiger partial charge in [0.15, 0.2) is 0 Å². The Morgan fingerprint density at radius 1 is 0.826 bits per heavy atom. The minimum absolute atomic E-state index is 0.0741. The van der Waals surface area contributed by atoms with Crippen LogP contribution in [0.25, 0.3) is 6.08 Å². The summed E-state index contributed by atoms with van der Waals surface area (Å²) in [6, 6.07) is 12.6. The molecule has 7 nitrogen and oxygen atoms in total. The second-order valence-electron chi connectivity index (χ2n) is 12.5. The molecule has 0 radical (unpaired) electrons. The molecule has 248 valence electrons. The van der Waals surface area contributed by atoms with Crippen molar-refractivity contribution in [1.29, 1.82) is 5.26 Å². The van der Waals surface area contributed by atoms with Gasteiger partial charge in [-0.3, -0.25) is 19.1 Å². The number of carbonyl (C=O) groups excluding carboxylic acids is 1. The van der Waals surface area contributed by atoms with Gasteiger partial charge in [0.1, 0.15) is 21.8 Å². The maximum absolute atomic E-state index is 13.7. The van der Waals surface area contributed by atoms with Crippen LogP contribution >= 0.6 is 24.0 Å². The normalized spacial score (nSPS) is 16.1.